The maximum Gasteiger partial charge on any atom is 0.325 e. The standard InChI is InChI=1S/C12H19NO3S/c1-12(2,11(14)15-3)13-7-9-5-6-10(16-9)8-17-4/h5-6,13H,7-8H2,1-4H3. The van der Waals surface area contributed by atoms with Crippen LogP contribution in [0.25, 0.3) is 0 Å². The summed E-state index contributed by atoms with van der Waals surface area (Å²) in [6.07, 6.45) is 2.03. The Labute approximate surface area is 106 Å². The van der Waals surface area contributed by atoms with Crippen molar-refractivity contribution in [3.63, 3.8) is 0 Å². The molecule has 0 aliphatic rings. The smallest absolute Gasteiger partial charge is 0.325 e. The minimum Gasteiger partial charge on any atom is -0.468 e. The van der Waals surface area contributed by atoms with Crippen molar-refractivity contribution in [2.45, 2.75) is 31.7 Å². The van der Waals surface area contributed by atoms with E-state index in [1.54, 1.807) is 25.6 Å². The zero-order valence-electron chi connectivity index (χ0n) is 10.7. The Kier molecular flexibility index (Phi) is 5.08. The number of furan rings is 1. The summed E-state index contributed by atoms with van der Waals surface area (Å²) in [6, 6.07) is 3.88. The molecule has 0 saturated heterocycles. The van der Waals surface area contributed by atoms with Crippen molar-refractivity contribution in [2.75, 3.05) is 13.4 Å². The molecule has 1 rings (SSSR count). The minimum absolute atomic E-state index is 0.284. The second-order valence-corrected chi connectivity index (χ2v) is 5.14. The van der Waals surface area contributed by atoms with E-state index in [1.165, 1.54) is 7.11 Å². The van der Waals surface area contributed by atoms with Crippen LogP contribution >= 0.6 is 11.8 Å². The van der Waals surface area contributed by atoms with Gasteiger partial charge in [-0.05, 0) is 32.2 Å². The fraction of sp³-hybridized carbons (Fsp3) is 0.583. The van der Waals surface area contributed by atoms with Gasteiger partial charge in [-0.15, -0.1) is 0 Å². The molecule has 17 heavy (non-hydrogen) atoms. The van der Waals surface area contributed by atoms with E-state index in [0.717, 1.165) is 17.3 Å². The van der Waals surface area contributed by atoms with E-state index in [1.807, 2.05) is 18.4 Å². The van der Waals surface area contributed by atoms with E-state index in [-0.39, 0.29) is 5.97 Å². The molecule has 0 amide bonds. The molecule has 5 heteroatoms. The third-order valence-corrected chi connectivity index (χ3v) is 2.98. The third kappa shape index (κ3) is 4.09. The monoisotopic (exact) mass is 257 g/mol. The molecule has 0 atom stereocenters. The molecular formula is C12H19NO3S. The van der Waals surface area contributed by atoms with Crippen LogP contribution in [0.5, 0.6) is 0 Å². The number of hydrogen-bond acceptors (Lipinski definition) is 5. The van der Waals surface area contributed by atoms with Crippen LogP contribution in [-0.2, 0) is 21.8 Å². The maximum atomic E-state index is 11.4. The lowest BCUT2D eigenvalue weighted by molar-refractivity contribution is -0.147. The first-order valence-corrected chi connectivity index (χ1v) is 6.79. The molecule has 1 aromatic heterocycles. The molecule has 0 spiro atoms. The van der Waals surface area contributed by atoms with E-state index >= 15 is 0 Å². The molecule has 0 aliphatic carbocycles. The molecular weight excluding hydrogens is 238 g/mol. The first-order chi connectivity index (χ1) is 7.99. The van der Waals surface area contributed by atoms with Crippen LogP contribution in [0.15, 0.2) is 16.5 Å². The van der Waals surface area contributed by atoms with Gasteiger partial charge in [0.15, 0.2) is 0 Å². The van der Waals surface area contributed by atoms with E-state index in [2.05, 4.69) is 5.32 Å². The van der Waals surface area contributed by atoms with Crippen molar-refractivity contribution in [3.05, 3.63) is 23.7 Å². The van der Waals surface area contributed by atoms with Crippen molar-refractivity contribution >= 4 is 17.7 Å². The molecule has 1 aromatic rings. The Morgan fingerprint density at radius 3 is 2.71 bits per heavy atom. The number of carbonyl (C=O) groups is 1. The Balaban J connectivity index is 2.51. The number of carbonyl (C=O) groups excluding carboxylic acids is 1. The number of esters is 1. The molecule has 0 aliphatic heterocycles. The van der Waals surface area contributed by atoms with Crippen LogP contribution in [0.2, 0.25) is 0 Å². The van der Waals surface area contributed by atoms with Gasteiger partial charge in [0.25, 0.3) is 0 Å². The predicted octanol–water partition coefficient (Wildman–Crippen LogP) is 2.18. The normalized spacial score (nSPS) is 11.5. The number of nitrogens with one attached hydrogen (secondary N) is 1. The third-order valence-electron chi connectivity index (χ3n) is 2.40. The van der Waals surface area contributed by atoms with Crippen LogP contribution < -0.4 is 5.32 Å². The van der Waals surface area contributed by atoms with E-state index in [9.17, 15) is 4.79 Å². The molecule has 0 bridgehead atoms. The van der Waals surface area contributed by atoms with Gasteiger partial charge in [-0.1, -0.05) is 0 Å². The lowest BCUT2D eigenvalue weighted by Crippen LogP contribution is -2.46. The van der Waals surface area contributed by atoms with E-state index in [0.29, 0.717) is 6.54 Å². The van der Waals surface area contributed by atoms with Crippen LogP contribution in [0.4, 0.5) is 0 Å². The zero-order valence-corrected chi connectivity index (χ0v) is 11.5. The molecule has 96 valence electrons. The summed E-state index contributed by atoms with van der Waals surface area (Å²) in [6.45, 7) is 4.08. The number of hydrogen-bond donors (Lipinski definition) is 1. The number of rotatable bonds is 6. The lowest BCUT2D eigenvalue weighted by Gasteiger charge is -2.22. The Morgan fingerprint density at radius 1 is 1.47 bits per heavy atom. The van der Waals surface area contributed by atoms with Gasteiger partial charge in [0.1, 0.15) is 17.1 Å². The summed E-state index contributed by atoms with van der Waals surface area (Å²) in [5, 5.41) is 3.11. The highest BCUT2D eigenvalue weighted by atomic mass is 32.2. The minimum atomic E-state index is -0.707. The van der Waals surface area contributed by atoms with Gasteiger partial charge in [0.05, 0.1) is 19.4 Å². The SMILES string of the molecule is COC(=O)C(C)(C)NCc1ccc(CSC)o1. The van der Waals surface area contributed by atoms with Crippen LogP contribution in [0.3, 0.4) is 0 Å². The molecule has 4 nitrogen and oxygen atoms in total. The second-order valence-electron chi connectivity index (χ2n) is 4.27. The van der Waals surface area contributed by atoms with Gasteiger partial charge in [0, 0.05) is 0 Å². The van der Waals surface area contributed by atoms with Gasteiger partial charge >= 0.3 is 5.97 Å². The quantitative estimate of drug-likeness (QED) is 0.792. The number of ether oxygens (including phenoxy) is 1. The average molecular weight is 257 g/mol. The summed E-state index contributed by atoms with van der Waals surface area (Å²) < 4.78 is 10.3. The van der Waals surface area contributed by atoms with Crippen molar-refractivity contribution < 1.29 is 13.9 Å². The topological polar surface area (TPSA) is 51.5 Å². The van der Waals surface area contributed by atoms with Crippen LogP contribution in [-0.4, -0.2) is 24.9 Å². The molecule has 0 fully saturated rings. The predicted molar refractivity (Wildman–Crippen MR) is 68.9 cm³/mol. The summed E-state index contributed by atoms with van der Waals surface area (Å²) in [5.41, 5.74) is -0.707. The summed E-state index contributed by atoms with van der Waals surface area (Å²) in [7, 11) is 1.38. The molecule has 0 saturated carbocycles. The van der Waals surface area contributed by atoms with Gasteiger partial charge in [-0.2, -0.15) is 11.8 Å². The van der Waals surface area contributed by atoms with Crippen LogP contribution in [0, 0.1) is 0 Å². The molecule has 1 heterocycles. The fourth-order valence-electron chi connectivity index (χ4n) is 1.37. The largest absolute Gasteiger partial charge is 0.468 e. The molecule has 1 N–H and O–H groups in total. The van der Waals surface area contributed by atoms with Crippen molar-refractivity contribution in [1.82, 2.24) is 5.32 Å². The van der Waals surface area contributed by atoms with Gasteiger partial charge in [-0.3, -0.25) is 10.1 Å². The van der Waals surface area contributed by atoms with Crippen molar-refractivity contribution in [3.8, 4) is 0 Å². The summed E-state index contributed by atoms with van der Waals surface area (Å²) in [4.78, 5) is 11.4. The Bertz CT molecular complexity index is 374. The first-order valence-electron chi connectivity index (χ1n) is 5.39. The molecule has 0 unspecified atom stereocenters. The van der Waals surface area contributed by atoms with Crippen LogP contribution in [0.1, 0.15) is 25.4 Å². The zero-order chi connectivity index (χ0) is 12.9. The number of methoxy groups -OCH3 is 1. The summed E-state index contributed by atoms with van der Waals surface area (Å²) in [5.74, 6) is 2.35. The number of thioether (sulfide) groups is 1. The molecule has 0 aromatic carbocycles. The van der Waals surface area contributed by atoms with Crippen molar-refractivity contribution in [1.29, 1.82) is 0 Å². The Morgan fingerprint density at radius 2 is 2.12 bits per heavy atom. The lowest BCUT2D eigenvalue weighted by atomic mass is 10.1. The average Bonchev–Trinajstić information content (AvgIpc) is 2.74. The molecule has 0 radical (unpaired) electrons. The van der Waals surface area contributed by atoms with Gasteiger partial charge in [0.2, 0.25) is 0 Å². The highest BCUT2D eigenvalue weighted by Crippen LogP contribution is 2.14. The first kappa shape index (κ1) is 14.1. The maximum absolute atomic E-state index is 11.4. The van der Waals surface area contributed by atoms with E-state index < -0.39 is 5.54 Å². The van der Waals surface area contributed by atoms with Gasteiger partial charge in [-0.25, -0.2) is 0 Å². The fourth-order valence-corrected chi connectivity index (χ4v) is 1.81. The summed E-state index contributed by atoms with van der Waals surface area (Å²) >= 11 is 1.71. The highest BCUT2D eigenvalue weighted by molar-refractivity contribution is 7.97. The highest BCUT2D eigenvalue weighted by Gasteiger charge is 2.27. The van der Waals surface area contributed by atoms with Crippen molar-refractivity contribution in [2.24, 2.45) is 0 Å². The second kappa shape index (κ2) is 6.12. The van der Waals surface area contributed by atoms with E-state index in [4.69, 9.17) is 9.15 Å². The Hall–Kier alpha value is -0.940. The van der Waals surface area contributed by atoms with Gasteiger partial charge < -0.3 is 9.15 Å².